The summed E-state index contributed by atoms with van der Waals surface area (Å²) in [6, 6.07) is 0. The van der Waals surface area contributed by atoms with Crippen molar-refractivity contribution in [3.8, 4) is 0 Å². The Labute approximate surface area is 243 Å². The van der Waals surface area contributed by atoms with Crippen LogP contribution < -0.4 is 0 Å². The minimum atomic E-state index is -0.888. The van der Waals surface area contributed by atoms with E-state index in [2.05, 4.69) is 27.7 Å². The molecule has 0 aromatic heterocycles. The molecule has 0 heterocycles. The topological polar surface area (TPSA) is 110 Å². The molecule has 0 unspecified atom stereocenters. The van der Waals surface area contributed by atoms with Crippen LogP contribution >= 0.6 is 0 Å². The highest BCUT2D eigenvalue weighted by atomic mass is 16.5. The van der Waals surface area contributed by atoms with Crippen LogP contribution in [-0.4, -0.2) is 60.1 Å². The van der Waals surface area contributed by atoms with Crippen LogP contribution in [0.15, 0.2) is 0 Å². The van der Waals surface area contributed by atoms with Gasteiger partial charge in [-0.25, -0.2) is 0 Å². The fraction of sp³-hybridized carbons (Fsp3) is 0.875. The van der Waals surface area contributed by atoms with Crippen molar-refractivity contribution in [3.63, 3.8) is 0 Å². The third kappa shape index (κ3) is 26.1. The summed E-state index contributed by atoms with van der Waals surface area (Å²) in [4.78, 5) is 49.5. The molecule has 0 bridgehead atoms. The molecule has 8 nitrogen and oxygen atoms in total. The number of hydrogen-bond acceptors (Lipinski definition) is 6. The summed E-state index contributed by atoms with van der Waals surface area (Å²) in [5.74, 6) is -0.294. The first-order chi connectivity index (χ1) is 19.1. The van der Waals surface area contributed by atoms with Crippen molar-refractivity contribution in [1.82, 2.24) is 4.90 Å². The van der Waals surface area contributed by atoms with Crippen LogP contribution in [0.2, 0.25) is 0 Å². The predicted octanol–water partition coefficient (Wildman–Crippen LogP) is 7.32. The molecule has 0 aromatic carbocycles. The number of carbonyl (C=O) groups is 4. The number of carboxylic acids is 1. The van der Waals surface area contributed by atoms with E-state index in [9.17, 15) is 19.2 Å². The number of hydrogen-bond donors (Lipinski definition) is 1. The number of aliphatic carboxylic acids is 1. The lowest BCUT2D eigenvalue weighted by atomic mass is 10.0. The van der Waals surface area contributed by atoms with Crippen molar-refractivity contribution in [2.75, 3.05) is 26.3 Å². The molecule has 0 saturated heterocycles. The monoisotopic (exact) mass is 569 g/mol. The zero-order valence-electron chi connectivity index (χ0n) is 26.1. The van der Waals surface area contributed by atoms with Crippen LogP contribution in [0.4, 0.5) is 0 Å². The molecule has 0 aliphatic rings. The maximum atomic E-state index is 12.7. The number of ether oxygens (including phenoxy) is 2. The molecule has 0 radical (unpaired) electrons. The van der Waals surface area contributed by atoms with E-state index >= 15 is 0 Å². The lowest BCUT2D eigenvalue weighted by Gasteiger charge is -2.22. The van der Waals surface area contributed by atoms with Gasteiger partial charge < -0.3 is 19.5 Å². The fourth-order valence-electron chi connectivity index (χ4n) is 4.41. The number of carbonyl (C=O) groups excluding carboxylic acids is 3. The number of carboxylic acid groups (broad SMARTS) is 1. The quantitative estimate of drug-likeness (QED) is 0.0815. The molecule has 0 spiro atoms. The van der Waals surface area contributed by atoms with Gasteiger partial charge in [0.05, 0.1) is 26.1 Å². The van der Waals surface area contributed by atoms with Crippen molar-refractivity contribution < 1.29 is 33.8 Å². The van der Waals surface area contributed by atoms with Crippen molar-refractivity contribution in [2.45, 2.75) is 143 Å². The zero-order chi connectivity index (χ0) is 30.0. The summed E-state index contributed by atoms with van der Waals surface area (Å²) in [5, 5.41) is 8.81. The summed E-state index contributed by atoms with van der Waals surface area (Å²) in [7, 11) is 0. The van der Waals surface area contributed by atoms with Gasteiger partial charge >= 0.3 is 17.9 Å². The van der Waals surface area contributed by atoms with E-state index in [1.165, 1.54) is 43.4 Å². The molecule has 0 aliphatic carbocycles. The summed E-state index contributed by atoms with van der Waals surface area (Å²) < 4.78 is 10.7. The van der Waals surface area contributed by atoms with Gasteiger partial charge in [0.1, 0.15) is 0 Å². The highest BCUT2D eigenvalue weighted by Crippen LogP contribution is 2.12. The first-order valence-electron chi connectivity index (χ1n) is 15.9. The van der Waals surface area contributed by atoms with E-state index < -0.39 is 5.97 Å². The molecule has 0 fully saturated rings. The summed E-state index contributed by atoms with van der Waals surface area (Å²) in [6.45, 7) is 10.1. The molecule has 8 heteroatoms. The van der Waals surface area contributed by atoms with Gasteiger partial charge in [0.15, 0.2) is 0 Å². The Balaban J connectivity index is 4.32. The number of nitrogens with zero attached hydrogens (tertiary/aromatic N) is 1. The second kappa shape index (κ2) is 25.8. The van der Waals surface area contributed by atoms with Gasteiger partial charge in [-0.2, -0.15) is 0 Å². The van der Waals surface area contributed by atoms with Gasteiger partial charge in [0.2, 0.25) is 5.91 Å². The molecule has 1 amide bonds. The Hall–Kier alpha value is -2.12. The van der Waals surface area contributed by atoms with Crippen LogP contribution in [0.1, 0.15) is 143 Å². The van der Waals surface area contributed by atoms with Gasteiger partial charge in [-0.3, -0.25) is 19.2 Å². The van der Waals surface area contributed by atoms with Crippen molar-refractivity contribution in [1.29, 1.82) is 0 Å². The summed E-state index contributed by atoms with van der Waals surface area (Å²) >= 11 is 0. The van der Waals surface area contributed by atoms with Crippen molar-refractivity contribution in [3.05, 3.63) is 0 Å². The third-order valence-corrected chi connectivity index (χ3v) is 6.93. The standard InChI is InChI=1S/C32H59NO7/c1-27(2)17-11-7-5-9-15-25-39-31(37)21-23-33(29(34)19-13-14-20-30(35)36)24-22-32(38)40-26-16-10-6-8-12-18-28(3)4/h27-28H,5-26H2,1-4H3,(H,35,36). The van der Waals surface area contributed by atoms with E-state index in [1.54, 1.807) is 0 Å². The Bertz CT molecular complexity index is 638. The smallest absolute Gasteiger partial charge is 0.307 e. The normalized spacial score (nSPS) is 11.2. The van der Waals surface area contributed by atoms with Gasteiger partial charge in [0, 0.05) is 25.9 Å². The molecular weight excluding hydrogens is 510 g/mol. The molecule has 40 heavy (non-hydrogen) atoms. The van der Waals surface area contributed by atoms with E-state index in [-0.39, 0.29) is 56.6 Å². The van der Waals surface area contributed by atoms with Gasteiger partial charge in [-0.05, 0) is 37.5 Å². The van der Waals surface area contributed by atoms with Crippen LogP contribution in [0.25, 0.3) is 0 Å². The van der Waals surface area contributed by atoms with Gasteiger partial charge in [-0.15, -0.1) is 0 Å². The molecule has 0 aromatic rings. The number of esters is 2. The Kier molecular flexibility index (Phi) is 24.5. The maximum Gasteiger partial charge on any atom is 0.307 e. The molecule has 0 saturated carbocycles. The number of rotatable bonds is 27. The molecule has 0 aliphatic heterocycles. The van der Waals surface area contributed by atoms with Gasteiger partial charge in [-0.1, -0.05) is 91.9 Å². The lowest BCUT2D eigenvalue weighted by Crippen LogP contribution is -2.35. The summed E-state index contributed by atoms with van der Waals surface area (Å²) in [6.07, 6.45) is 14.6. The second-order valence-corrected chi connectivity index (χ2v) is 11.8. The minimum absolute atomic E-state index is 0.0153. The molecule has 1 N–H and O–H groups in total. The van der Waals surface area contributed by atoms with Crippen LogP contribution in [-0.2, 0) is 28.7 Å². The Morgan fingerprint density at radius 1 is 0.550 bits per heavy atom. The highest BCUT2D eigenvalue weighted by molar-refractivity contribution is 5.78. The molecular formula is C32H59NO7. The second-order valence-electron chi connectivity index (χ2n) is 11.8. The van der Waals surface area contributed by atoms with E-state index in [0.717, 1.165) is 50.4 Å². The van der Waals surface area contributed by atoms with E-state index in [0.29, 0.717) is 26.1 Å². The maximum absolute atomic E-state index is 12.7. The molecule has 0 rings (SSSR count). The number of amides is 1. The van der Waals surface area contributed by atoms with Gasteiger partial charge in [0.25, 0.3) is 0 Å². The van der Waals surface area contributed by atoms with Crippen LogP contribution in [0.5, 0.6) is 0 Å². The van der Waals surface area contributed by atoms with Crippen LogP contribution in [0.3, 0.4) is 0 Å². The van der Waals surface area contributed by atoms with Crippen molar-refractivity contribution in [2.24, 2.45) is 11.8 Å². The lowest BCUT2D eigenvalue weighted by molar-refractivity contribution is -0.145. The largest absolute Gasteiger partial charge is 0.481 e. The first-order valence-corrected chi connectivity index (χ1v) is 15.9. The Morgan fingerprint density at radius 2 is 0.950 bits per heavy atom. The van der Waals surface area contributed by atoms with E-state index in [1.807, 2.05) is 0 Å². The predicted molar refractivity (Wildman–Crippen MR) is 159 cm³/mol. The third-order valence-electron chi connectivity index (χ3n) is 6.93. The van der Waals surface area contributed by atoms with Crippen molar-refractivity contribution >= 4 is 23.8 Å². The minimum Gasteiger partial charge on any atom is -0.481 e. The highest BCUT2D eigenvalue weighted by Gasteiger charge is 2.17. The fourth-order valence-corrected chi connectivity index (χ4v) is 4.41. The Morgan fingerprint density at radius 3 is 1.38 bits per heavy atom. The van der Waals surface area contributed by atoms with Crippen LogP contribution in [0, 0.1) is 11.8 Å². The SMILES string of the molecule is CC(C)CCCCCCCOC(=O)CCN(CCC(=O)OCCCCCCCC(C)C)C(=O)CCCCC(=O)O. The molecule has 234 valence electrons. The number of unbranched alkanes of at least 4 members (excludes halogenated alkanes) is 9. The average Bonchev–Trinajstić information content (AvgIpc) is 2.89. The summed E-state index contributed by atoms with van der Waals surface area (Å²) in [5.41, 5.74) is 0. The first kappa shape index (κ1) is 37.9. The zero-order valence-corrected chi connectivity index (χ0v) is 26.1. The molecule has 0 atom stereocenters. The average molecular weight is 570 g/mol. The van der Waals surface area contributed by atoms with E-state index in [4.69, 9.17) is 14.6 Å².